The van der Waals surface area contributed by atoms with Crippen LogP contribution in [0.25, 0.3) is 11.5 Å². The number of aromatic nitrogens is 2. The fourth-order valence-corrected chi connectivity index (χ4v) is 3.11. The fourth-order valence-electron chi connectivity index (χ4n) is 2.35. The molecule has 1 atom stereocenters. The van der Waals surface area contributed by atoms with Crippen molar-refractivity contribution in [1.82, 2.24) is 10.2 Å². The van der Waals surface area contributed by atoms with Crippen molar-refractivity contribution >= 4 is 17.5 Å². The van der Waals surface area contributed by atoms with Gasteiger partial charge in [0.15, 0.2) is 5.78 Å². The van der Waals surface area contributed by atoms with Gasteiger partial charge in [-0.05, 0) is 55.5 Å². The highest BCUT2D eigenvalue weighted by Crippen LogP contribution is 2.29. The second kappa shape index (κ2) is 8.83. The van der Waals surface area contributed by atoms with E-state index < -0.39 is 11.9 Å². The van der Waals surface area contributed by atoms with Gasteiger partial charge in [-0.3, -0.25) is 4.79 Å². The number of hydrogen-bond acceptors (Lipinski definition) is 7. The van der Waals surface area contributed by atoms with Crippen LogP contribution >= 0.6 is 11.8 Å². The number of halogens is 2. The van der Waals surface area contributed by atoms with Gasteiger partial charge in [0.1, 0.15) is 11.5 Å². The van der Waals surface area contributed by atoms with Gasteiger partial charge in [0, 0.05) is 11.1 Å². The first kappa shape index (κ1) is 19.8. The van der Waals surface area contributed by atoms with Crippen molar-refractivity contribution in [2.75, 3.05) is 7.11 Å². The maximum absolute atomic E-state index is 12.5. The van der Waals surface area contributed by atoms with Gasteiger partial charge >= 0.3 is 6.61 Å². The Balaban J connectivity index is 1.65. The van der Waals surface area contributed by atoms with E-state index in [-0.39, 0.29) is 22.6 Å². The van der Waals surface area contributed by atoms with Crippen molar-refractivity contribution in [3.63, 3.8) is 0 Å². The Labute approximate surface area is 163 Å². The molecule has 0 radical (unpaired) electrons. The third kappa shape index (κ3) is 4.86. The number of carbonyl (C=O) groups is 1. The van der Waals surface area contributed by atoms with Crippen LogP contribution in [0.2, 0.25) is 0 Å². The summed E-state index contributed by atoms with van der Waals surface area (Å²) in [5.74, 6) is 0.839. The normalized spacial score (nSPS) is 12.0. The number of alkyl halides is 2. The lowest BCUT2D eigenvalue weighted by atomic mass is 10.1. The van der Waals surface area contributed by atoms with Crippen LogP contribution in [0.3, 0.4) is 0 Å². The Morgan fingerprint density at radius 1 is 1.04 bits per heavy atom. The first-order valence-corrected chi connectivity index (χ1v) is 9.08. The van der Waals surface area contributed by atoms with Crippen LogP contribution in [0, 0.1) is 0 Å². The predicted molar refractivity (Wildman–Crippen MR) is 99.0 cm³/mol. The van der Waals surface area contributed by atoms with E-state index in [1.807, 2.05) is 0 Å². The summed E-state index contributed by atoms with van der Waals surface area (Å²) in [4.78, 5) is 12.5. The summed E-state index contributed by atoms with van der Waals surface area (Å²) in [5, 5.41) is 7.65. The van der Waals surface area contributed by atoms with Gasteiger partial charge in [-0.2, -0.15) is 8.78 Å². The third-order valence-electron chi connectivity index (χ3n) is 3.75. The molecule has 0 aliphatic carbocycles. The van der Waals surface area contributed by atoms with Gasteiger partial charge in [0.2, 0.25) is 5.89 Å². The van der Waals surface area contributed by atoms with Crippen molar-refractivity contribution < 1.29 is 27.5 Å². The molecule has 9 heteroatoms. The average Bonchev–Trinajstić information content (AvgIpc) is 3.16. The summed E-state index contributed by atoms with van der Waals surface area (Å²) in [5.41, 5.74) is 1.10. The molecule has 1 aromatic heterocycles. The number of benzene rings is 2. The van der Waals surface area contributed by atoms with Crippen molar-refractivity contribution in [2.45, 2.75) is 24.0 Å². The molecule has 0 saturated heterocycles. The van der Waals surface area contributed by atoms with E-state index in [2.05, 4.69) is 14.9 Å². The molecular formula is C19H16F2N2O4S. The maximum atomic E-state index is 12.5. The van der Waals surface area contributed by atoms with Crippen LogP contribution in [-0.2, 0) is 0 Å². The monoisotopic (exact) mass is 406 g/mol. The SMILES string of the molecule is COc1ccc(C(=O)C(C)Sc2nnc(-c3ccc(OC(F)F)cc3)o2)cc1. The number of ether oxygens (including phenoxy) is 2. The minimum atomic E-state index is -2.89. The number of carbonyl (C=O) groups excluding carboxylic acids is 1. The lowest BCUT2D eigenvalue weighted by Gasteiger charge is -2.08. The molecule has 3 rings (SSSR count). The first-order chi connectivity index (χ1) is 13.5. The zero-order chi connectivity index (χ0) is 20.1. The topological polar surface area (TPSA) is 74.5 Å². The summed E-state index contributed by atoms with van der Waals surface area (Å²) in [6.07, 6.45) is 0. The number of hydrogen-bond donors (Lipinski definition) is 0. The molecule has 0 fully saturated rings. The average molecular weight is 406 g/mol. The highest BCUT2D eigenvalue weighted by molar-refractivity contribution is 8.00. The van der Waals surface area contributed by atoms with Crippen LogP contribution in [0.1, 0.15) is 17.3 Å². The van der Waals surface area contributed by atoms with Gasteiger partial charge in [-0.25, -0.2) is 0 Å². The zero-order valence-electron chi connectivity index (χ0n) is 15.0. The van der Waals surface area contributed by atoms with Crippen molar-refractivity contribution in [1.29, 1.82) is 0 Å². The minimum Gasteiger partial charge on any atom is -0.497 e. The van der Waals surface area contributed by atoms with Gasteiger partial charge < -0.3 is 13.9 Å². The van der Waals surface area contributed by atoms with E-state index in [0.717, 1.165) is 11.8 Å². The lowest BCUT2D eigenvalue weighted by molar-refractivity contribution is -0.0498. The summed E-state index contributed by atoms with van der Waals surface area (Å²) in [6, 6.07) is 12.7. The molecule has 1 heterocycles. The van der Waals surface area contributed by atoms with Crippen LogP contribution in [0.4, 0.5) is 8.78 Å². The van der Waals surface area contributed by atoms with E-state index in [9.17, 15) is 13.6 Å². The van der Waals surface area contributed by atoms with E-state index >= 15 is 0 Å². The molecule has 3 aromatic rings. The Bertz CT molecular complexity index is 930. The van der Waals surface area contributed by atoms with Crippen molar-refractivity contribution in [3.05, 3.63) is 54.1 Å². The molecule has 0 amide bonds. The molecule has 2 aromatic carbocycles. The minimum absolute atomic E-state index is 0.0339. The number of methoxy groups -OCH3 is 1. The molecule has 0 aliphatic heterocycles. The second-order valence-corrected chi connectivity index (χ2v) is 6.92. The highest BCUT2D eigenvalue weighted by Gasteiger charge is 2.20. The molecule has 0 bridgehead atoms. The van der Waals surface area contributed by atoms with E-state index in [0.29, 0.717) is 16.9 Å². The van der Waals surface area contributed by atoms with Gasteiger partial charge in [0.05, 0.1) is 12.4 Å². The van der Waals surface area contributed by atoms with Gasteiger partial charge in [-0.1, -0.05) is 11.8 Å². The number of nitrogens with zero attached hydrogens (tertiary/aromatic N) is 2. The van der Waals surface area contributed by atoms with Crippen LogP contribution < -0.4 is 9.47 Å². The zero-order valence-corrected chi connectivity index (χ0v) is 15.8. The molecule has 0 N–H and O–H groups in total. The molecule has 1 unspecified atom stereocenters. The lowest BCUT2D eigenvalue weighted by Crippen LogP contribution is -2.13. The Morgan fingerprint density at radius 3 is 2.29 bits per heavy atom. The molecule has 0 saturated carbocycles. The van der Waals surface area contributed by atoms with Gasteiger partial charge in [-0.15, -0.1) is 10.2 Å². The smallest absolute Gasteiger partial charge is 0.387 e. The van der Waals surface area contributed by atoms with Crippen LogP contribution in [0.15, 0.2) is 58.2 Å². The Kier molecular flexibility index (Phi) is 6.25. The van der Waals surface area contributed by atoms with E-state index in [4.69, 9.17) is 9.15 Å². The third-order valence-corrected chi connectivity index (χ3v) is 4.69. The summed E-state index contributed by atoms with van der Waals surface area (Å²) < 4.78 is 39.3. The summed E-state index contributed by atoms with van der Waals surface area (Å²) >= 11 is 1.14. The highest BCUT2D eigenvalue weighted by atomic mass is 32.2. The summed E-state index contributed by atoms with van der Waals surface area (Å²) in [6.45, 7) is -1.14. The Hall–Kier alpha value is -2.94. The van der Waals surface area contributed by atoms with Crippen LogP contribution in [-0.4, -0.2) is 35.0 Å². The first-order valence-electron chi connectivity index (χ1n) is 8.20. The van der Waals surface area contributed by atoms with E-state index in [1.54, 1.807) is 38.3 Å². The molecule has 0 aliphatic rings. The second-order valence-electron chi connectivity index (χ2n) is 5.63. The molecule has 0 spiro atoms. The number of ketones is 1. The number of rotatable bonds is 8. The predicted octanol–water partition coefficient (Wildman–Crippen LogP) is 4.71. The maximum Gasteiger partial charge on any atom is 0.387 e. The largest absolute Gasteiger partial charge is 0.497 e. The standard InChI is InChI=1S/C19H16F2N2O4S/c1-11(16(24)12-3-7-14(25-2)8-4-12)28-19-23-22-17(27-19)13-5-9-15(10-6-13)26-18(20)21/h3-11,18H,1-2H3. The summed E-state index contributed by atoms with van der Waals surface area (Å²) in [7, 11) is 1.56. The molecule has 146 valence electrons. The van der Waals surface area contributed by atoms with Crippen molar-refractivity contribution in [2.24, 2.45) is 0 Å². The van der Waals surface area contributed by atoms with Crippen molar-refractivity contribution in [3.8, 4) is 23.0 Å². The number of Topliss-reactive ketones (excluding diaryl/α,β-unsaturated/α-hetero) is 1. The Morgan fingerprint density at radius 2 is 1.68 bits per heavy atom. The quantitative estimate of drug-likeness (QED) is 0.396. The molecule has 28 heavy (non-hydrogen) atoms. The molecule has 6 nitrogen and oxygen atoms in total. The van der Waals surface area contributed by atoms with Gasteiger partial charge in [0.25, 0.3) is 5.22 Å². The molecular weight excluding hydrogens is 390 g/mol. The number of thioether (sulfide) groups is 1. The fraction of sp³-hybridized carbons (Fsp3) is 0.211. The van der Waals surface area contributed by atoms with E-state index in [1.165, 1.54) is 24.3 Å². The van der Waals surface area contributed by atoms with Crippen LogP contribution in [0.5, 0.6) is 11.5 Å².